The predicted molar refractivity (Wildman–Crippen MR) is 120 cm³/mol. The van der Waals surface area contributed by atoms with Crippen molar-refractivity contribution in [3.63, 3.8) is 0 Å². The van der Waals surface area contributed by atoms with E-state index in [1.807, 2.05) is 53.8 Å². The number of carboxylic acid groups (broad SMARTS) is 1. The summed E-state index contributed by atoms with van der Waals surface area (Å²) in [4.78, 5) is 36.4. The Morgan fingerprint density at radius 1 is 0.943 bits per heavy atom. The van der Waals surface area contributed by atoms with E-state index in [0.717, 1.165) is 35.1 Å². The summed E-state index contributed by atoms with van der Waals surface area (Å²) in [6.07, 6.45) is -5.87. The Balaban J connectivity index is 1.42. The molecule has 1 unspecified atom stereocenters. The van der Waals surface area contributed by atoms with Crippen LogP contribution in [0, 0.1) is 5.92 Å². The van der Waals surface area contributed by atoms with E-state index >= 15 is 0 Å². The molecule has 7 nitrogen and oxygen atoms in total. The van der Waals surface area contributed by atoms with Crippen molar-refractivity contribution in [2.45, 2.75) is 49.9 Å². The van der Waals surface area contributed by atoms with Crippen LogP contribution in [0.25, 0.3) is 11.1 Å². The second-order valence-electron chi connectivity index (χ2n) is 8.92. The molecule has 2 aliphatic rings. The molecule has 2 aromatic rings. The zero-order chi connectivity index (χ0) is 25.2. The molecule has 4 rings (SSSR count). The van der Waals surface area contributed by atoms with E-state index < -0.39 is 42.7 Å². The highest BCUT2D eigenvalue weighted by atomic mass is 19.4. The van der Waals surface area contributed by atoms with Gasteiger partial charge in [-0.3, -0.25) is 4.79 Å². The van der Waals surface area contributed by atoms with Gasteiger partial charge in [0.15, 0.2) is 0 Å². The third kappa shape index (κ3) is 6.12. The van der Waals surface area contributed by atoms with Gasteiger partial charge < -0.3 is 20.5 Å². The van der Waals surface area contributed by atoms with Gasteiger partial charge in [0.25, 0.3) is 0 Å². The Bertz CT molecular complexity index is 1070. The molecule has 0 aromatic heterocycles. The molecule has 0 aliphatic heterocycles. The second-order valence-corrected chi connectivity index (χ2v) is 8.92. The minimum atomic E-state index is -4.77. The molecule has 0 heterocycles. The molecule has 2 aliphatic carbocycles. The van der Waals surface area contributed by atoms with Crippen LogP contribution >= 0.6 is 0 Å². The van der Waals surface area contributed by atoms with Crippen LogP contribution in [0.3, 0.4) is 0 Å². The van der Waals surface area contributed by atoms with Crippen molar-refractivity contribution >= 4 is 18.0 Å². The fraction of sp³-hybridized carbons (Fsp3) is 0.400. The number of halogens is 3. The predicted octanol–water partition coefficient (Wildman–Crippen LogP) is 4.22. The maximum atomic E-state index is 13.1. The van der Waals surface area contributed by atoms with Gasteiger partial charge in [0.05, 0.1) is 6.42 Å². The third-order valence-electron chi connectivity index (χ3n) is 6.27. The van der Waals surface area contributed by atoms with Crippen LogP contribution in [0.2, 0.25) is 0 Å². The summed E-state index contributed by atoms with van der Waals surface area (Å²) in [5, 5.41) is 13.4. The van der Waals surface area contributed by atoms with Crippen molar-refractivity contribution in [1.29, 1.82) is 0 Å². The summed E-state index contributed by atoms with van der Waals surface area (Å²) in [5.74, 6) is -2.74. The molecule has 1 fully saturated rings. The molecule has 2 atom stereocenters. The number of alkyl carbamates (subject to hydrolysis) is 1. The lowest BCUT2D eigenvalue weighted by molar-refractivity contribution is -0.150. The number of carboxylic acids is 1. The SMILES string of the molecule is O=C(NC(CC(F)(F)F)C(=O)N[C@@H](CC1CC1)C(=O)O)OCC1c2ccccc2-c2ccccc21. The lowest BCUT2D eigenvalue weighted by atomic mass is 9.98. The van der Waals surface area contributed by atoms with Crippen LogP contribution in [0.5, 0.6) is 0 Å². The normalized spacial score (nSPS) is 16.5. The molecule has 2 amide bonds. The van der Waals surface area contributed by atoms with Crippen LogP contribution < -0.4 is 10.6 Å². The molecule has 0 radical (unpaired) electrons. The summed E-state index contributed by atoms with van der Waals surface area (Å²) in [6, 6.07) is 11.8. The fourth-order valence-electron chi connectivity index (χ4n) is 4.40. The van der Waals surface area contributed by atoms with Gasteiger partial charge in [0.2, 0.25) is 5.91 Å². The lowest BCUT2D eigenvalue weighted by Gasteiger charge is -2.22. The summed E-state index contributed by atoms with van der Waals surface area (Å²) in [5.41, 5.74) is 3.83. The molecule has 1 saturated carbocycles. The number of aliphatic carboxylic acids is 1. The number of rotatable bonds is 9. The Morgan fingerprint density at radius 2 is 1.51 bits per heavy atom. The van der Waals surface area contributed by atoms with Crippen LogP contribution in [-0.2, 0) is 14.3 Å². The van der Waals surface area contributed by atoms with Gasteiger partial charge in [0, 0.05) is 5.92 Å². The number of fused-ring (bicyclic) bond motifs is 3. The van der Waals surface area contributed by atoms with Gasteiger partial charge in [0.1, 0.15) is 18.7 Å². The molecule has 2 aromatic carbocycles. The van der Waals surface area contributed by atoms with Gasteiger partial charge >= 0.3 is 18.2 Å². The average molecular weight is 490 g/mol. The van der Waals surface area contributed by atoms with E-state index in [1.165, 1.54) is 0 Å². The summed E-state index contributed by atoms with van der Waals surface area (Å²) < 4.78 is 44.6. The number of carbonyl (C=O) groups excluding carboxylic acids is 2. The van der Waals surface area contributed by atoms with Crippen LogP contribution in [0.4, 0.5) is 18.0 Å². The van der Waals surface area contributed by atoms with Gasteiger partial charge in [-0.25, -0.2) is 9.59 Å². The van der Waals surface area contributed by atoms with Gasteiger partial charge in [-0.2, -0.15) is 13.2 Å². The summed E-state index contributed by atoms with van der Waals surface area (Å²) >= 11 is 0. The lowest BCUT2D eigenvalue weighted by Crippen LogP contribution is -2.53. The van der Waals surface area contributed by atoms with Gasteiger partial charge in [-0.15, -0.1) is 0 Å². The number of alkyl halides is 3. The molecule has 3 N–H and O–H groups in total. The molecular weight excluding hydrogens is 465 g/mol. The molecule has 186 valence electrons. The Hall–Kier alpha value is -3.56. The maximum absolute atomic E-state index is 13.1. The van der Waals surface area contributed by atoms with Crippen molar-refractivity contribution in [3.8, 4) is 11.1 Å². The molecule has 0 spiro atoms. The standard InChI is InChI=1S/C25H25F3N2O5/c26-25(27,28)12-21(22(31)29-20(23(32)33)11-14-9-10-14)30-24(34)35-13-19-17-7-3-1-5-15(17)16-6-2-4-8-18(16)19/h1-8,14,19-21H,9-13H2,(H,29,31)(H,30,34)(H,32,33)/t20-,21?/m0/s1. The second kappa shape index (κ2) is 9.97. The highest BCUT2D eigenvalue weighted by Crippen LogP contribution is 2.44. The van der Waals surface area contributed by atoms with Crippen LogP contribution in [0.1, 0.15) is 42.7 Å². The van der Waals surface area contributed by atoms with Crippen molar-refractivity contribution in [3.05, 3.63) is 59.7 Å². The zero-order valence-electron chi connectivity index (χ0n) is 18.7. The number of benzene rings is 2. The van der Waals surface area contributed by atoms with E-state index in [2.05, 4.69) is 5.32 Å². The minimum Gasteiger partial charge on any atom is -0.480 e. The number of amides is 2. The molecule has 10 heteroatoms. The maximum Gasteiger partial charge on any atom is 0.407 e. The third-order valence-corrected chi connectivity index (χ3v) is 6.27. The first-order valence-electron chi connectivity index (χ1n) is 11.3. The fourth-order valence-corrected chi connectivity index (χ4v) is 4.40. The topological polar surface area (TPSA) is 105 Å². The van der Waals surface area contributed by atoms with Gasteiger partial charge in [-0.1, -0.05) is 61.4 Å². The molecule has 0 saturated heterocycles. The highest BCUT2D eigenvalue weighted by molar-refractivity contribution is 5.89. The molecule has 0 bridgehead atoms. The first-order valence-corrected chi connectivity index (χ1v) is 11.3. The van der Waals surface area contributed by atoms with Crippen LogP contribution in [0.15, 0.2) is 48.5 Å². The van der Waals surface area contributed by atoms with Crippen LogP contribution in [-0.4, -0.2) is 47.9 Å². The van der Waals surface area contributed by atoms with E-state index in [4.69, 9.17) is 4.74 Å². The molecular formula is C25H25F3N2O5. The highest BCUT2D eigenvalue weighted by Gasteiger charge is 2.39. The first-order chi connectivity index (χ1) is 16.6. The number of ether oxygens (including phenoxy) is 1. The van der Waals surface area contributed by atoms with E-state index in [0.29, 0.717) is 0 Å². The zero-order valence-corrected chi connectivity index (χ0v) is 18.7. The van der Waals surface area contributed by atoms with E-state index in [-0.39, 0.29) is 24.9 Å². The largest absolute Gasteiger partial charge is 0.480 e. The van der Waals surface area contributed by atoms with Crippen molar-refractivity contribution in [1.82, 2.24) is 10.6 Å². The van der Waals surface area contributed by atoms with E-state index in [1.54, 1.807) is 0 Å². The Kier molecular flexibility index (Phi) is 7.00. The van der Waals surface area contributed by atoms with E-state index in [9.17, 15) is 32.7 Å². The quantitative estimate of drug-likeness (QED) is 0.488. The minimum absolute atomic E-state index is 0.118. The first kappa shape index (κ1) is 24.6. The van der Waals surface area contributed by atoms with Gasteiger partial charge in [-0.05, 0) is 34.6 Å². The smallest absolute Gasteiger partial charge is 0.407 e. The number of hydrogen-bond acceptors (Lipinski definition) is 4. The molecule has 35 heavy (non-hydrogen) atoms. The van der Waals surface area contributed by atoms with Crippen molar-refractivity contribution in [2.24, 2.45) is 5.92 Å². The summed E-state index contributed by atoms with van der Waals surface area (Å²) in [7, 11) is 0. The number of nitrogens with one attached hydrogen (secondary N) is 2. The summed E-state index contributed by atoms with van der Waals surface area (Å²) in [6.45, 7) is -0.139. The number of carbonyl (C=O) groups is 3. The average Bonchev–Trinajstić information content (AvgIpc) is 3.56. The Morgan fingerprint density at radius 3 is 2.03 bits per heavy atom. The monoisotopic (exact) mass is 490 g/mol. The number of hydrogen-bond donors (Lipinski definition) is 3. The van der Waals surface area contributed by atoms with Crippen molar-refractivity contribution < 1.29 is 37.4 Å². The van der Waals surface area contributed by atoms with Crippen molar-refractivity contribution in [2.75, 3.05) is 6.61 Å². The Labute approximate surface area is 199 Å².